The maximum Gasteiger partial charge on any atom is 0.358 e. The van der Waals surface area contributed by atoms with Gasteiger partial charge in [-0.1, -0.05) is 18.2 Å². The second kappa shape index (κ2) is 3.71. The van der Waals surface area contributed by atoms with Crippen LogP contribution in [0.5, 0.6) is 0 Å². The van der Waals surface area contributed by atoms with Crippen LogP contribution in [-0.4, -0.2) is 20.5 Å². The number of aromatic carboxylic acids is 1. The molecule has 2 aromatic rings. The third kappa shape index (κ3) is 1.53. The number of carbonyl (C=O) groups is 1. The molecule has 7 nitrogen and oxygen atoms in total. The Hall–Kier alpha value is -2.70. The molecule has 0 bridgehead atoms. The molecule has 0 atom stereocenters. The van der Waals surface area contributed by atoms with E-state index >= 15 is 0 Å². The van der Waals surface area contributed by atoms with E-state index < -0.39 is 17.2 Å². The van der Waals surface area contributed by atoms with Gasteiger partial charge in [-0.05, 0) is 12.1 Å². The first-order valence-electron chi connectivity index (χ1n) is 4.71. The summed E-state index contributed by atoms with van der Waals surface area (Å²) in [6, 6.07) is 8.41. The summed E-state index contributed by atoms with van der Waals surface area (Å²) < 4.78 is 0.999. The summed E-state index contributed by atoms with van der Waals surface area (Å²) in [6.07, 6.45) is 0. The second-order valence-corrected chi connectivity index (χ2v) is 3.36. The van der Waals surface area contributed by atoms with E-state index in [1.54, 1.807) is 30.3 Å². The fraction of sp³-hybridized carbons (Fsp3) is 0. The number of carboxylic acids is 1. The molecule has 0 amide bonds. The Morgan fingerprint density at radius 2 is 1.82 bits per heavy atom. The highest BCUT2D eigenvalue weighted by atomic mass is 16.4. The summed E-state index contributed by atoms with van der Waals surface area (Å²) in [6.45, 7) is 0. The minimum atomic E-state index is -1.35. The topological polar surface area (TPSA) is 116 Å². The van der Waals surface area contributed by atoms with Crippen molar-refractivity contribution in [2.24, 2.45) is 0 Å². The van der Waals surface area contributed by atoms with Crippen LogP contribution in [0.1, 0.15) is 10.5 Å². The van der Waals surface area contributed by atoms with Crippen molar-refractivity contribution >= 4 is 11.7 Å². The Morgan fingerprint density at radius 3 is 2.29 bits per heavy atom. The fourth-order valence-electron chi connectivity index (χ4n) is 1.56. The molecule has 1 heterocycles. The smallest absolute Gasteiger partial charge is 0.358 e. The molecule has 0 saturated heterocycles. The number of aromatic nitrogens is 2. The van der Waals surface area contributed by atoms with Crippen molar-refractivity contribution in [2.75, 3.05) is 11.6 Å². The van der Waals surface area contributed by atoms with Gasteiger partial charge < -0.3 is 16.7 Å². The SMILES string of the molecule is Nc1c(C(=O)O)n(N)n(-c2ccccc2)c1=O. The molecule has 0 saturated carbocycles. The largest absolute Gasteiger partial charge is 0.476 e. The lowest BCUT2D eigenvalue weighted by atomic mass is 10.3. The second-order valence-electron chi connectivity index (χ2n) is 3.36. The third-order valence-electron chi connectivity index (χ3n) is 2.33. The number of nitrogen functional groups attached to an aromatic ring is 2. The fourth-order valence-corrected chi connectivity index (χ4v) is 1.56. The lowest BCUT2D eigenvalue weighted by Gasteiger charge is -2.06. The summed E-state index contributed by atoms with van der Waals surface area (Å²) in [4.78, 5) is 23.4. The van der Waals surface area contributed by atoms with Crippen LogP contribution in [0.3, 0.4) is 0 Å². The van der Waals surface area contributed by atoms with Crippen molar-refractivity contribution in [3.8, 4) is 5.69 Å². The summed E-state index contributed by atoms with van der Waals surface area (Å²) in [5, 5.41) is 8.90. The molecule has 1 aromatic carbocycles. The minimum absolute atomic E-state index is 0.385. The Kier molecular flexibility index (Phi) is 2.36. The number of nitrogens with zero attached hydrogens (tertiary/aromatic N) is 2. The van der Waals surface area contributed by atoms with Crippen LogP contribution in [0.4, 0.5) is 5.69 Å². The Labute approximate surface area is 95.4 Å². The average Bonchev–Trinajstić information content (AvgIpc) is 2.51. The van der Waals surface area contributed by atoms with Gasteiger partial charge in [0.05, 0.1) is 5.69 Å². The monoisotopic (exact) mass is 234 g/mol. The van der Waals surface area contributed by atoms with Crippen molar-refractivity contribution in [3.63, 3.8) is 0 Å². The standard InChI is InChI=1S/C10H10N4O3/c11-7-8(10(16)17)14(12)13(9(7)15)6-4-2-1-3-5-6/h1-5H,11-12H2,(H,16,17). The molecule has 0 aliphatic rings. The number of para-hydroxylation sites is 1. The predicted molar refractivity (Wildman–Crippen MR) is 61.6 cm³/mol. The molecule has 1 aromatic heterocycles. The zero-order valence-corrected chi connectivity index (χ0v) is 8.70. The molecule has 0 spiro atoms. The number of rotatable bonds is 2. The molecule has 0 aliphatic heterocycles. The zero-order valence-electron chi connectivity index (χ0n) is 8.70. The van der Waals surface area contributed by atoms with Gasteiger partial charge in [0.25, 0.3) is 5.56 Å². The van der Waals surface area contributed by atoms with Crippen molar-refractivity contribution < 1.29 is 9.90 Å². The van der Waals surface area contributed by atoms with E-state index in [9.17, 15) is 9.59 Å². The van der Waals surface area contributed by atoms with E-state index in [0.29, 0.717) is 5.69 Å². The molecule has 2 rings (SSSR count). The molecular formula is C10H10N4O3. The van der Waals surface area contributed by atoms with Crippen LogP contribution >= 0.6 is 0 Å². The molecule has 88 valence electrons. The van der Waals surface area contributed by atoms with Crippen LogP contribution in [0.15, 0.2) is 35.1 Å². The highest BCUT2D eigenvalue weighted by Gasteiger charge is 2.22. The van der Waals surface area contributed by atoms with Gasteiger partial charge in [-0.25, -0.2) is 4.79 Å². The minimum Gasteiger partial charge on any atom is -0.476 e. The zero-order chi connectivity index (χ0) is 12.6. The Morgan fingerprint density at radius 1 is 1.24 bits per heavy atom. The lowest BCUT2D eigenvalue weighted by Crippen LogP contribution is -2.28. The quantitative estimate of drug-likeness (QED) is 0.613. The molecule has 0 unspecified atom stereocenters. The van der Waals surface area contributed by atoms with Gasteiger partial charge in [0.2, 0.25) is 0 Å². The molecule has 5 N–H and O–H groups in total. The number of anilines is 1. The summed E-state index contributed by atoms with van der Waals surface area (Å²) >= 11 is 0. The van der Waals surface area contributed by atoms with Gasteiger partial charge in [-0.3, -0.25) is 4.79 Å². The summed E-state index contributed by atoms with van der Waals surface area (Å²) in [7, 11) is 0. The predicted octanol–water partition coefficient (Wildman–Crippen LogP) is -0.367. The van der Waals surface area contributed by atoms with Gasteiger partial charge in [0.1, 0.15) is 5.69 Å². The molecular weight excluding hydrogens is 224 g/mol. The number of benzene rings is 1. The van der Waals surface area contributed by atoms with Crippen LogP contribution in [0.2, 0.25) is 0 Å². The summed E-state index contributed by atoms with van der Waals surface area (Å²) in [5.41, 5.74) is 4.40. The average molecular weight is 234 g/mol. The molecule has 0 aliphatic carbocycles. The van der Waals surface area contributed by atoms with E-state index in [4.69, 9.17) is 16.7 Å². The number of nitrogens with two attached hydrogens (primary N) is 2. The first kappa shape index (κ1) is 10.8. The van der Waals surface area contributed by atoms with Crippen LogP contribution in [0, 0.1) is 0 Å². The van der Waals surface area contributed by atoms with Gasteiger partial charge in [-0.15, -0.1) is 0 Å². The lowest BCUT2D eigenvalue weighted by molar-refractivity contribution is 0.0686. The van der Waals surface area contributed by atoms with Crippen molar-refractivity contribution in [2.45, 2.75) is 0 Å². The normalized spacial score (nSPS) is 10.4. The number of carboxylic acid groups (broad SMARTS) is 1. The van der Waals surface area contributed by atoms with Gasteiger partial charge in [-0.2, -0.15) is 9.47 Å². The van der Waals surface area contributed by atoms with E-state index in [1.807, 2.05) is 0 Å². The molecule has 7 heteroatoms. The van der Waals surface area contributed by atoms with Gasteiger partial charge in [0.15, 0.2) is 5.69 Å². The molecule has 17 heavy (non-hydrogen) atoms. The van der Waals surface area contributed by atoms with Gasteiger partial charge in [0, 0.05) is 0 Å². The van der Waals surface area contributed by atoms with Crippen molar-refractivity contribution in [3.05, 3.63) is 46.4 Å². The summed E-state index contributed by atoms with van der Waals surface area (Å²) in [5.74, 6) is 4.21. The van der Waals surface area contributed by atoms with Crippen LogP contribution in [0.25, 0.3) is 5.69 Å². The Bertz CT molecular complexity index is 627. The first-order valence-corrected chi connectivity index (χ1v) is 4.71. The maximum atomic E-state index is 11.8. The van der Waals surface area contributed by atoms with Crippen LogP contribution < -0.4 is 17.1 Å². The van der Waals surface area contributed by atoms with Gasteiger partial charge >= 0.3 is 5.97 Å². The van der Waals surface area contributed by atoms with E-state index in [1.165, 1.54) is 0 Å². The first-order chi connectivity index (χ1) is 8.04. The van der Waals surface area contributed by atoms with E-state index in [0.717, 1.165) is 9.47 Å². The molecule has 0 radical (unpaired) electrons. The maximum absolute atomic E-state index is 11.8. The van der Waals surface area contributed by atoms with Crippen molar-refractivity contribution in [1.29, 1.82) is 0 Å². The number of hydrogen-bond donors (Lipinski definition) is 3. The number of hydrogen-bond acceptors (Lipinski definition) is 4. The third-order valence-corrected chi connectivity index (χ3v) is 2.33. The van der Waals surface area contributed by atoms with Crippen molar-refractivity contribution in [1.82, 2.24) is 9.47 Å². The highest BCUT2D eigenvalue weighted by Crippen LogP contribution is 2.10. The van der Waals surface area contributed by atoms with E-state index in [2.05, 4.69) is 0 Å². The van der Waals surface area contributed by atoms with E-state index in [-0.39, 0.29) is 5.69 Å². The Balaban J connectivity index is 2.77. The molecule has 0 fully saturated rings. The highest BCUT2D eigenvalue weighted by molar-refractivity contribution is 5.91. The van der Waals surface area contributed by atoms with Crippen LogP contribution in [-0.2, 0) is 0 Å².